The first-order chi connectivity index (χ1) is 20.5. The van der Waals surface area contributed by atoms with Gasteiger partial charge in [0.25, 0.3) is 0 Å². The average molecular weight is 577 g/mol. The Bertz CT molecular complexity index is 1190. The Kier molecular flexibility index (Phi) is 11.1. The molecule has 9 nitrogen and oxygen atoms in total. The van der Waals surface area contributed by atoms with Crippen molar-refractivity contribution in [3.63, 3.8) is 0 Å². The fourth-order valence-electron chi connectivity index (χ4n) is 5.72. The molecule has 1 aliphatic heterocycles. The van der Waals surface area contributed by atoms with Crippen molar-refractivity contribution in [1.29, 1.82) is 0 Å². The van der Waals surface area contributed by atoms with Crippen molar-refractivity contribution in [2.75, 3.05) is 6.54 Å². The van der Waals surface area contributed by atoms with Crippen LogP contribution in [0.15, 0.2) is 91.0 Å². The summed E-state index contributed by atoms with van der Waals surface area (Å²) < 4.78 is 32.0. The van der Waals surface area contributed by atoms with E-state index in [2.05, 4.69) is 0 Å². The third-order valence-electron chi connectivity index (χ3n) is 8.01. The van der Waals surface area contributed by atoms with Crippen LogP contribution >= 0.6 is 0 Å². The van der Waals surface area contributed by atoms with E-state index in [-0.39, 0.29) is 24.8 Å². The molecule has 0 radical (unpaired) electrons. The van der Waals surface area contributed by atoms with Crippen molar-refractivity contribution in [2.45, 2.75) is 87.6 Å². The average Bonchev–Trinajstić information content (AvgIpc) is 3.02. The van der Waals surface area contributed by atoms with Gasteiger partial charge < -0.3 is 46.6 Å². The first kappa shape index (κ1) is 30.7. The lowest BCUT2D eigenvalue weighted by atomic mass is 9.84. The first-order valence-electron chi connectivity index (χ1n) is 14.8. The summed E-state index contributed by atoms with van der Waals surface area (Å²) in [7, 11) is 0. The molecule has 0 spiro atoms. The monoisotopic (exact) mass is 576 g/mol. The van der Waals surface area contributed by atoms with E-state index >= 15 is 0 Å². The summed E-state index contributed by atoms with van der Waals surface area (Å²) in [6.45, 7) is 1.46. The predicted octanol–water partition coefficient (Wildman–Crippen LogP) is 2.59. The van der Waals surface area contributed by atoms with Crippen molar-refractivity contribution < 1.29 is 23.7 Å². The molecule has 3 aromatic rings. The minimum absolute atomic E-state index is 0.259. The summed E-state index contributed by atoms with van der Waals surface area (Å²) in [4.78, 5) is 0. The van der Waals surface area contributed by atoms with Gasteiger partial charge in [-0.3, -0.25) is 0 Å². The molecule has 9 heteroatoms. The summed E-state index contributed by atoms with van der Waals surface area (Å²) >= 11 is 0. The molecule has 2 fully saturated rings. The summed E-state index contributed by atoms with van der Waals surface area (Å²) in [5.41, 5.74) is 29.2. The molecule has 3 aromatic carbocycles. The van der Waals surface area contributed by atoms with Crippen molar-refractivity contribution in [3.8, 4) is 0 Å². The van der Waals surface area contributed by atoms with E-state index in [0.717, 1.165) is 16.7 Å². The molecule has 8 N–H and O–H groups in total. The molecule has 1 heterocycles. The minimum atomic E-state index is -0.738. The van der Waals surface area contributed by atoms with Crippen LogP contribution in [0.1, 0.15) is 29.5 Å². The quantitative estimate of drug-likeness (QED) is 0.255. The van der Waals surface area contributed by atoms with Crippen LogP contribution in [0, 0.1) is 0 Å². The van der Waals surface area contributed by atoms with Gasteiger partial charge in [0, 0.05) is 18.6 Å². The maximum absolute atomic E-state index is 6.68. The molecule has 1 aliphatic carbocycles. The highest BCUT2D eigenvalue weighted by Crippen LogP contribution is 2.31. The molecular weight excluding hydrogens is 532 g/mol. The summed E-state index contributed by atoms with van der Waals surface area (Å²) in [5.74, 6) is 0. The third kappa shape index (κ3) is 8.02. The fourth-order valence-corrected chi connectivity index (χ4v) is 5.72. The van der Waals surface area contributed by atoms with Crippen molar-refractivity contribution >= 4 is 0 Å². The van der Waals surface area contributed by atoms with Gasteiger partial charge in [0.05, 0.1) is 38.1 Å². The van der Waals surface area contributed by atoms with Crippen LogP contribution in [-0.4, -0.2) is 61.5 Å². The van der Waals surface area contributed by atoms with Gasteiger partial charge in [-0.2, -0.15) is 0 Å². The second-order valence-corrected chi connectivity index (χ2v) is 11.2. The molecule has 0 amide bonds. The van der Waals surface area contributed by atoms with Gasteiger partial charge in [0.15, 0.2) is 6.29 Å². The highest BCUT2D eigenvalue weighted by atomic mass is 16.7. The van der Waals surface area contributed by atoms with Crippen LogP contribution in [-0.2, 0) is 43.5 Å². The highest BCUT2D eigenvalue weighted by molar-refractivity contribution is 5.15. The summed E-state index contributed by atoms with van der Waals surface area (Å²) in [6, 6.07) is 28.7. The van der Waals surface area contributed by atoms with Gasteiger partial charge in [0.1, 0.15) is 18.3 Å². The smallest absolute Gasteiger partial charge is 0.173 e. The molecule has 226 valence electrons. The molecule has 0 bridgehead atoms. The SMILES string of the molecule is NC[C@H]1O[C@H](O[C@H]2[C@H](OCc3ccccc3)[C@@H](OCc3ccccc3)[C@H](N)C[C@@H]2N)[C@H](N)C[C@@H]1OCc1ccccc1. The Labute approximate surface area is 248 Å². The maximum atomic E-state index is 6.68. The van der Waals surface area contributed by atoms with Crippen LogP contribution in [0.2, 0.25) is 0 Å². The van der Waals surface area contributed by atoms with Gasteiger partial charge in [-0.25, -0.2) is 0 Å². The number of hydrogen-bond acceptors (Lipinski definition) is 9. The van der Waals surface area contributed by atoms with Gasteiger partial charge in [0.2, 0.25) is 0 Å². The molecule has 42 heavy (non-hydrogen) atoms. The van der Waals surface area contributed by atoms with Crippen molar-refractivity contribution in [2.24, 2.45) is 22.9 Å². The number of nitrogens with two attached hydrogens (primary N) is 4. The minimum Gasteiger partial charge on any atom is -0.371 e. The van der Waals surface area contributed by atoms with Crippen LogP contribution < -0.4 is 22.9 Å². The van der Waals surface area contributed by atoms with Crippen LogP contribution in [0.3, 0.4) is 0 Å². The van der Waals surface area contributed by atoms with E-state index in [0.29, 0.717) is 32.7 Å². The second kappa shape index (κ2) is 15.2. The van der Waals surface area contributed by atoms with Gasteiger partial charge in [-0.15, -0.1) is 0 Å². The normalized spacial score (nSPS) is 31.6. The maximum Gasteiger partial charge on any atom is 0.173 e. The fraction of sp³-hybridized carbons (Fsp3) is 0.455. The van der Waals surface area contributed by atoms with Crippen LogP contribution in [0.5, 0.6) is 0 Å². The summed E-state index contributed by atoms with van der Waals surface area (Å²) in [5, 5.41) is 0. The highest BCUT2D eigenvalue weighted by Gasteiger charge is 2.48. The van der Waals surface area contributed by atoms with Gasteiger partial charge in [-0.1, -0.05) is 91.0 Å². The number of hydrogen-bond donors (Lipinski definition) is 4. The topological polar surface area (TPSA) is 150 Å². The van der Waals surface area contributed by atoms with Crippen LogP contribution in [0.25, 0.3) is 0 Å². The molecule has 9 atom stereocenters. The standard InChI is InChI=1S/C33H44N4O5/c34-18-29-28(38-19-22-10-4-1-5-11-22)17-27(37)33(41-29)42-31-26(36)16-25(35)30(39-20-23-12-6-2-7-13-23)32(31)40-21-24-14-8-3-9-15-24/h1-15,25-33H,16-21,34-37H2/t25-,26+,27-,28+,29-,30+,31-,32-,33-/m1/s1. The zero-order valence-corrected chi connectivity index (χ0v) is 23.9. The Morgan fingerprint density at radius 1 is 0.571 bits per heavy atom. The predicted molar refractivity (Wildman–Crippen MR) is 161 cm³/mol. The summed E-state index contributed by atoms with van der Waals surface area (Å²) in [6.07, 6.45) is -1.91. The molecule has 0 unspecified atom stereocenters. The molecule has 0 aromatic heterocycles. The molecule has 2 aliphatic rings. The molecule has 1 saturated heterocycles. The molecular formula is C33H44N4O5. The van der Waals surface area contributed by atoms with Crippen molar-refractivity contribution in [3.05, 3.63) is 108 Å². The number of rotatable bonds is 12. The zero-order valence-electron chi connectivity index (χ0n) is 23.9. The molecule has 5 rings (SSSR count). The lowest BCUT2D eigenvalue weighted by molar-refractivity contribution is -0.281. The Hall–Kier alpha value is -2.70. The van der Waals surface area contributed by atoms with Gasteiger partial charge in [-0.05, 0) is 29.5 Å². The lowest BCUT2D eigenvalue weighted by Gasteiger charge is -2.47. The Morgan fingerprint density at radius 3 is 1.57 bits per heavy atom. The third-order valence-corrected chi connectivity index (χ3v) is 8.01. The van der Waals surface area contributed by atoms with Gasteiger partial charge >= 0.3 is 0 Å². The largest absolute Gasteiger partial charge is 0.371 e. The lowest BCUT2D eigenvalue weighted by Crippen LogP contribution is -2.65. The van der Waals surface area contributed by atoms with E-state index in [4.69, 9.17) is 46.6 Å². The zero-order chi connectivity index (χ0) is 29.3. The Morgan fingerprint density at radius 2 is 1.05 bits per heavy atom. The number of benzene rings is 3. The van der Waals surface area contributed by atoms with E-state index in [1.54, 1.807) is 0 Å². The van der Waals surface area contributed by atoms with E-state index < -0.39 is 36.7 Å². The molecule has 1 saturated carbocycles. The van der Waals surface area contributed by atoms with E-state index in [1.807, 2.05) is 91.0 Å². The van der Waals surface area contributed by atoms with E-state index in [9.17, 15) is 0 Å². The Balaban J connectivity index is 1.29. The van der Waals surface area contributed by atoms with Crippen LogP contribution in [0.4, 0.5) is 0 Å². The van der Waals surface area contributed by atoms with E-state index in [1.165, 1.54) is 0 Å². The first-order valence-corrected chi connectivity index (χ1v) is 14.8. The number of ether oxygens (including phenoxy) is 5. The van der Waals surface area contributed by atoms with Crippen molar-refractivity contribution in [1.82, 2.24) is 0 Å². The second-order valence-electron chi connectivity index (χ2n) is 11.2.